The number of aryl methyl sites for hydroxylation is 1. The first-order valence-corrected chi connectivity index (χ1v) is 14.6. The maximum Gasteiger partial charge on any atom is 0.309 e. The summed E-state index contributed by atoms with van der Waals surface area (Å²) in [7, 11) is -3.93. The largest absolute Gasteiger partial charge is 0.481 e. The molecule has 6 nitrogen and oxygen atoms in total. The summed E-state index contributed by atoms with van der Waals surface area (Å²) in [5.74, 6) is -0.623. The Morgan fingerprint density at radius 2 is 1.69 bits per heavy atom. The molecule has 0 aromatic heterocycles. The molecule has 8 atom stereocenters. The maximum absolute atomic E-state index is 13.0. The van der Waals surface area contributed by atoms with E-state index in [0.717, 1.165) is 50.5 Å². The van der Waals surface area contributed by atoms with Gasteiger partial charge in [-0.2, -0.15) is 8.42 Å². The van der Waals surface area contributed by atoms with Crippen LogP contribution in [0.3, 0.4) is 0 Å². The highest BCUT2D eigenvalue weighted by Gasteiger charge is 2.71. The van der Waals surface area contributed by atoms with Crippen LogP contribution in [0, 0.1) is 46.3 Å². The standard InChI is InChI=1S/C28H40O6S/c1-18-6-8-19(9-7-18)35(32,33)34-16-20-23(29)25(2)14-10-22-26(3)12-5-13-27(4,24(30)31)21(26)11-15-28(20,22)17-25/h6-9,20-23,29H,5,10-17H2,1-4H3,(H,30,31)/t20-,21+,22+,23-,25+,26-,27-,28-/m1/s1. The molecule has 4 aliphatic rings. The highest BCUT2D eigenvalue weighted by atomic mass is 32.2. The van der Waals surface area contributed by atoms with Gasteiger partial charge in [0.1, 0.15) is 0 Å². The summed E-state index contributed by atoms with van der Waals surface area (Å²) in [6.45, 7) is 8.24. The summed E-state index contributed by atoms with van der Waals surface area (Å²) in [5, 5.41) is 21.7. The van der Waals surface area contributed by atoms with Gasteiger partial charge in [-0.25, -0.2) is 0 Å². The van der Waals surface area contributed by atoms with Gasteiger partial charge in [-0.3, -0.25) is 8.98 Å². The Bertz CT molecular complexity index is 1110. The average Bonchev–Trinajstić information content (AvgIpc) is 2.93. The third-order valence-corrected chi connectivity index (χ3v) is 12.4. The molecule has 0 heterocycles. The van der Waals surface area contributed by atoms with Gasteiger partial charge in [0.15, 0.2) is 0 Å². The number of hydrogen-bond donors (Lipinski definition) is 2. The smallest absolute Gasteiger partial charge is 0.309 e. The number of hydrogen-bond acceptors (Lipinski definition) is 5. The highest BCUT2D eigenvalue weighted by molar-refractivity contribution is 7.86. The summed E-state index contributed by atoms with van der Waals surface area (Å²) in [4.78, 5) is 12.5. The van der Waals surface area contributed by atoms with E-state index in [4.69, 9.17) is 4.18 Å². The van der Waals surface area contributed by atoms with Crippen LogP contribution in [-0.2, 0) is 19.1 Å². The predicted molar refractivity (Wildman–Crippen MR) is 132 cm³/mol. The van der Waals surface area contributed by atoms with Gasteiger partial charge >= 0.3 is 5.97 Å². The third kappa shape index (κ3) is 3.55. The Kier molecular flexibility index (Phi) is 5.78. The number of carbonyl (C=O) groups is 1. The van der Waals surface area contributed by atoms with E-state index in [1.54, 1.807) is 24.3 Å². The van der Waals surface area contributed by atoms with Crippen LogP contribution in [0.25, 0.3) is 0 Å². The Hall–Kier alpha value is -1.44. The van der Waals surface area contributed by atoms with Gasteiger partial charge in [-0.15, -0.1) is 0 Å². The van der Waals surface area contributed by atoms with E-state index < -0.39 is 27.6 Å². The van der Waals surface area contributed by atoms with Crippen molar-refractivity contribution in [1.29, 1.82) is 0 Å². The first kappa shape index (κ1) is 25.2. The van der Waals surface area contributed by atoms with E-state index in [9.17, 15) is 23.4 Å². The van der Waals surface area contributed by atoms with E-state index in [-0.39, 0.29) is 45.5 Å². The molecule has 4 saturated carbocycles. The van der Waals surface area contributed by atoms with Crippen molar-refractivity contribution in [3.8, 4) is 0 Å². The molecule has 35 heavy (non-hydrogen) atoms. The van der Waals surface area contributed by atoms with Crippen molar-refractivity contribution in [3.05, 3.63) is 29.8 Å². The Labute approximate surface area is 209 Å². The molecule has 0 radical (unpaired) electrons. The first-order chi connectivity index (χ1) is 16.3. The molecule has 4 fully saturated rings. The zero-order valence-corrected chi connectivity index (χ0v) is 22.2. The SMILES string of the molecule is Cc1ccc(S(=O)(=O)OC[C@@H]2[C@@H](O)[C@@]3(C)CC[C@H]4[C@]5(C)CCC[C@@](C)(C(=O)O)[C@H]5CC[C@@]24C3)cc1. The molecule has 0 unspecified atom stereocenters. The number of aliphatic carboxylic acids is 1. The number of aliphatic hydroxyl groups excluding tert-OH is 1. The molecular weight excluding hydrogens is 464 g/mol. The molecule has 0 saturated heterocycles. The van der Waals surface area contributed by atoms with E-state index >= 15 is 0 Å². The molecule has 0 amide bonds. The quantitative estimate of drug-likeness (QED) is 0.536. The molecule has 2 bridgehead atoms. The molecule has 0 aliphatic heterocycles. The monoisotopic (exact) mass is 504 g/mol. The second kappa shape index (κ2) is 8.03. The molecule has 7 heteroatoms. The van der Waals surface area contributed by atoms with E-state index in [2.05, 4.69) is 13.8 Å². The number of carboxylic acid groups (broad SMARTS) is 1. The molecule has 1 aromatic rings. The number of aliphatic hydroxyl groups is 1. The Morgan fingerprint density at radius 3 is 2.34 bits per heavy atom. The molecule has 194 valence electrons. The summed E-state index contributed by atoms with van der Waals surface area (Å²) >= 11 is 0. The number of rotatable bonds is 5. The van der Waals surface area contributed by atoms with Crippen LogP contribution >= 0.6 is 0 Å². The van der Waals surface area contributed by atoms with E-state index in [1.807, 2.05) is 13.8 Å². The van der Waals surface area contributed by atoms with Crippen molar-refractivity contribution in [2.45, 2.75) is 90.1 Å². The molecule has 1 spiro atoms. The zero-order valence-electron chi connectivity index (χ0n) is 21.4. The van der Waals surface area contributed by atoms with Crippen LogP contribution in [-0.4, -0.2) is 37.3 Å². The van der Waals surface area contributed by atoms with Crippen LogP contribution in [0.1, 0.15) is 77.7 Å². The highest BCUT2D eigenvalue weighted by Crippen LogP contribution is 2.75. The second-order valence-corrected chi connectivity index (χ2v) is 14.5. The van der Waals surface area contributed by atoms with E-state index in [0.29, 0.717) is 6.42 Å². The van der Waals surface area contributed by atoms with Crippen LogP contribution in [0.2, 0.25) is 0 Å². The van der Waals surface area contributed by atoms with Gasteiger partial charge < -0.3 is 10.2 Å². The van der Waals surface area contributed by atoms with Crippen molar-refractivity contribution in [3.63, 3.8) is 0 Å². The van der Waals surface area contributed by atoms with Gasteiger partial charge in [-0.05, 0) is 99.0 Å². The minimum absolute atomic E-state index is 0.0274. The fourth-order valence-electron chi connectivity index (χ4n) is 9.44. The lowest BCUT2D eigenvalue weighted by atomic mass is 9.39. The lowest BCUT2D eigenvalue weighted by Crippen LogP contribution is -2.60. The summed E-state index contributed by atoms with van der Waals surface area (Å²) in [5.41, 5.74) is -0.371. The zero-order chi connectivity index (χ0) is 25.4. The topological polar surface area (TPSA) is 101 Å². The minimum atomic E-state index is -3.93. The Balaban J connectivity index is 1.48. The fourth-order valence-corrected chi connectivity index (χ4v) is 10.4. The van der Waals surface area contributed by atoms with Crippen molar-refractivity contribution in [1.82, 2.24) is 0 Å². The van der Waals surface area contributed by atoms with Gasteiger partial charge in [0.2, 0.25) is 0 Å². The number of benzene rings is 1. The van der Waals surface area contributed by atoms with Crippen LogP contribution in [0.5, 0.6) is 0 Å². The summed E-state index contributed by atoms with van der Waals surface area (Å²) in [6.07, 6.45) is 6.30. The normalized spacial score (nSPS) is 44.9. The molecule has 2 N–H and O–H groups in total. The first-order valence-electron chi connectivity index (χ1n) is 13.2. The predicted octanol–water partition coefficient (Wildman–Crippen LogP) is 5.17. The molecular formula is C28H40O6S. The second-order valence-electron chi connectivity index (χ2n) is 12.9. The Morgan fingerprint density at radius 1 is 1.03 bits per heavy atom. The van der Waals surface area contributed by atoms with Crippen molar-refractivity contribution >= 4 is 16.1 Å². The lowest BCUT2D eigenvalue weighted by Gasteiger charge is -2.64. The van der Waals surface area contributed by atoms with Crippen molar-refractivity contribution < 1.29 is 27.6 Å². The van der Waals surface area contributed by atoms with Crippen LogP contribution < -0.4 is 0 Å². The van der Waals surface area contributed by atoms with Crippen LogP contribution in [0.4, 0.5) is 0 Å². The summed E-state index contributed by atoms with van der Waals surface area (Å²) < 4.78 is 31.7. The van der Waals surface area contributed by atoms with Gasteiger partial charge in [0.25, 0.3) is 10.1 Å². The fraction of sp³-hybridized carbons (Fsp3) is 0.750. The van der Waals surface area contributed by atoms with Gasteiger partial charge in [0, 0.05) is 5.92 Å². The molecule has 5 rings (SSSR count). The maximum atomic E-state index is 13.0. The number of fused-ring (bicyclic) bond motifs is 3. The van der Waals surface area contributed by atoms with Gasteiger partial charge in [0.05, 0.1) is 23.0 Å². The summed E-state index contributed by atoms with van der Waals surface area (Å²) in [6, 6.07) is 6.65. The van der Waals surface area contributed by atoms with Crippen molar-refractivity contribution in [2.75, 3.05) is 6.61 Å². The third-order valence-electron chi connectivity index (χ3n) is 11.1. The molecule has 1 aromatic carbocycles. The van der Waals surface area contributed by atoms with E-state index in [1.165, 1.54) is 0 Å². The minimum Gasteiger partial charge on any atom is -0.481 e. The van der Waals surface area contributed by atoms with Crippen LogP contribution in [0.15, 0.2) is 29.2 Å². The lowest BCUT2D eigenvalue weighted by molar-refractivity contribution is -0.189. The van der Waals surface area contributed by atoms with Crippen molar-refractivity contribution in [2.24, 2.45) is 39.4 Å². The van der Waals surface area contributed by atoms with Gasteiger partial charge in [-0.1, -0.05) is 38.0 Å². The average molecular weight is 505 g/mol. The number of carboxylic acids is 1. The molecule has 4 aliphatic carbocycles.